The van der Waals surface area contributed by atoms with Crippen molar-refractivity contribution in [3.8, 4) is 0 Å². The van der Waals surface area contributed by atoms with Crippen LogP contribution in [0.2, 0.25) is 0 Å². The summed E-state index contributed by atoms with van der Waals surface area (Å²) in [4.78, 5) is 9.04. The molecule has 0 radical (unpaired) electrons. The molecule has 1 aromatic carbocycles. The standard InChI is InChI=1S/C16H21N3/c1-12-18-15-10-6-5-9-14(15)16(19-12)17-11-13-7-3-2-4-8-13/h5-6,9-10,13H,2-4,7-8,11H2,1H3,(H,17,18,19). The van der Waals surface area contributed by atoms with Crippen molar-refractivity contribution in [2.75, 3.05) is 11.9 Å². The number of para-hydroxylation sites is 1. The molecule has 19 heavy (non-hydrogen) atoms. The van der Waals surface area contributed by atoms with Crippen molar-refractivity contribution in [1.82, 2.24) is 9.97 Å². The van der Waals surface area contributed by atoms with Crippen LogP contribution in [0.5, 0.6) is 0 Å². The van der Waals surface area contributed by atoms with Gasteiger partial charge in [0.05, 0.1) is 5.52 Å². The van der Waals surface area contributed by atoms with Crippen LogP contribution >= 0.6 is 0 Å². The van der Waals surface area contributed by atoms with E-state index in [9.17, 15) is 0 Å². The molecule has 0 unspecified atom stereocenters. The van der Waals surface area contributed by atoms with Gasteiger partial charge in [0, 0.05) is 11.9 Å². The Bertz CT molecular complexity index is 559. The van der Waals surface area contributed by atoms with Crippen LogP contribution in [0, 0.1) is 12.8 Å². The summed E-state index contributed by atoms with van der Waals surface area (Å²) in [5.41, 5.74) is 1.03. The minimum atomic E-state index is 0.808. The lowest BCUT2D eigenvalue weighted by molar-refractivity contribution is 0.373. The molecule has 3 heteroatoms. The molecule has 1 aromatic heterocycles. The zero-order valence-electron chi connectivity index (χ0n) is 11.5. The molecule has 1 aliphatic rings. The van der Waals surface area contributed by atoms with Gasteiger partial charge < -0.3 is 5.32 Å². The van der Waals surface area contributed by atoms with Gasteiger partial charge in [-0.2, -0.15) is 0 Å². The van der Waals surface area contributed by atoms with E-state index in [-0.39, 0.29) is 0 Å². The normalized spacial score (nSPS) is 16.7. The lowest BCUT2D eigenvalue weighted by Crippen LogP contribution is -2.18. The summed E-state index contributed by atoms with van der Waals surface area (Å²) < 4.78 is 0. The smallest absolute Gasteiger partial charge is 0.137 e. The van der Waals surface area contributed by atoms with Gasteiger partial charge in [0.25, 0.3) is 0 Å². The number of hydrogen-bond donors (Lipinski definition) is 1. The van der Waals surface area contributed by atoms with Crippen LogP contribution in [0.3, 0.4) is 0 Å². The molecular weight excluding hydrogens is 234 g/mol. The Morgan fingerprint density at radius 1 is 1.11 bits per heavy atom. The van der Waals surface area contributed by atoms with Crippen LogP contribution in [-0.2, 0) is 0 Å². The predicted octanol–water partition coefficient (Wildman–Crippen LogP) is 3.93. The SMILES string of the molecule is Cc1nc(NCC2CCCCC2)c2ccccc2n1. The second kappa shape index (κ2) is 5.55. The van der Waals surface area contributed by atoms with E-state index in [0.717, 1.165) is 35.0 Å². The number of nitrogens with zero attached hydrogens (tertiary/aromatic N) is 2. The maximum absolute atomic E-state index is 4.56. The van der Waals surface area contributed by atoms with Gasteiger partial charge in [-0.1, -0.05) is 31.4 Å². The lowest BCUT2D eigenvalue weighted by atomic mass is 9.89. The van der Waals surface area contributed by atoms with Crippen molar-refractivity contribution < 1.29 is 0 Å². The van der Waals surface area contributed by atoms with Crippen LogP contribution in [0.4, 0.5) is 5.82 Å². The number of fused-ring (bicyclic) bond motifs is 1. The van der Waals surface area contributed by atoms with Gasteiger partial charge in [0.1, 0.15) is 11.6 Å². The fraction of sp³-hybridized carbons (Fsp3) is 0.500. The third-order valence-electron chi connectivity index (χ3n) is 4.00. The highest BCUT2D eigenvalue weighted by Gasteiger charge is 2.14. The van der Waals surface area contributed by atoms with Gasteiger partial charge >= 0.3 is 0 Å². The molecule has 0 bridgehead atoms. The Morgan fingerprint density at radius 3 is 2.74 bits per heavy atom. The van der Waals surface area contributed by atoms with Crippen molar-refractivity contribution in [3.05, 3.63) is 30.1 Å². The van der Waals surface area contributed by atoms with E-state index in [4.69, 9.17) is 0 Å². The van der Waals surface area contributed by atoms with Crippen molar-refractivity contribution in [1.29, 1.82) is 0 Å². The molecule has 1 heterocycles. The second-order valence-corrected chi connectivity index (χ2v) is 5.52. The van der Waals surface area contributed by atoms with Crippen LogP contribution in [-0.4, -0.2) is 16.5 Å². The summed E-state index contributed by atoms with van der Waals surface area (Å²) in [6.45, 7) is 3.00. The number of nitrogens with one attached hydrogen (secondary N) is 1. The molecular formula is C16H21N3. The average Bonchev–Trinajstić information content (AvgIpc) is 2.45. The number of benzene rings is 1. The quantitative estimate of drug-likeness (QED) is 0.903. The van der Waals surface area contributed by atoms with E-state index in [1.165, 1.54) is 32.1 Å². The van der Waals surface area contributed by atoms with Crippen LogP contribution in [0.1, 0.15) is 37.9 Å². The molecule has 0 amide bonds. The van der Waals surface area contributed by atoms with Crippen molar-refractivity contribution in [2.24, 2.45) is 5.92 Å². The molecule has 1 saturated carbocycles. The average molecular weight is 255 g/mol. The molecule has 1 N–H and O–H groups in total. The topological polar surface area (TPSA) is 37.8 Å². The van der Waals surface area contributed by atoms with E-state index in [1.54, 1.807) is 0 Å². The molecule has 0 aliphatic heterocycles. The Balaban J connectivity index is 1.79. The Kier molecular flexibility index (Phi) is 3.62. The van der Waals surface area contributed by atoms with Crippen LogP contribution in [0.25, 0.3) is 10.9 Å². The van der Waals surface area contributed by atoms with Crippen LogP contribution in [0.15, 0.2) is 24.3 Å². The third kappa shape index (κ3) is 2.86. The highest BCUT2D eigenvalue weighted by atomic mass is 15.0. The summed E-state index contributed by atoms with van der Waals surface area (Å²) in [5.74, 6) is 2.64. The van der Waals surface area contributed by atoms with Crippen molar-refractivity contribution >= 4 is 16.7 Å². The maximum atomic E-state index is 4.56. The largest absolute Gasteiger partial charge is 0.369 e. The van der Waals surface area contributed by atoms with Gasteiger partial charge in [-0.05, 0) is 37.8 Å². The van der Waals surface area contributed by atoms with Crippen molar-refractivity contribution in [2.45, 2.75) is 39.0 Å². The maximum Gasteiger partial charge on any atom is 0.137 e. The van der Waals surface area contributed by atoms with E-state index < -0.39 is 0 Å². The molecule has 0 saturated heterocycles. The molecule has 2 aromatic rings. The summed E-state index contributed by atoms with van der Waals surface area (Å²) in [7, 11) is 0. The zero-order valence-corrected chi connectivity index (χ0v) is 11.5. The minimum Gasteiger partial charge on any atom is -0.369 e. The van der Waals surface area contributed by atoms with E-state index >= 15 is 0 Å². The van der Waals surface area contributed by atoms with E-state index in [0.29, 0.717) is 0 Å². The summed E-state index contributed by atoms with van der Waals surface area (Å²) in [6.07, 6.45) is 6.89. The predicted molar refractivity (Wildman–Crippen MR) is 79.3 cm³/mol. The van der Waals surface area contributed by atoms with Crippen molar-refractivity contribution in [3.63, 3.8) is 0 Å². The highest BCUT2D eigenvalue weighted by Crippen LogP contribution is 2.25. The Hall–Kier alpha value is -1.64. The lowest BCUT2D eigenvalue weighted by Gasteiger charge is -2.22. The first-order valence-corrected chi connectivity index (χ1v) is 7.30. The molecule has 1 aliphatic carbocycles. The van der Waals surface area contributed by atoms with Gasteiger partial charge in [-0.25, -0.2) is 9.97 Å². The monoisotopic (exact) mass is 255 g/mol. The number of rotatable bonds is 3. The molecule has 0 spiro atoms. The molecule has 100 valence electrons. The molecule has 0 atom stereocenters. The molecule has 1 fully saturated rings. The minimum absolute atomic E-state index is 0.808. The zero-order chi connectivity index (χ0) is 13.1. The summed E-state index contributed by atoms with van der Waals surface area (Å²) in [6, 6.07) is 8.22. The van der Waals surface area contributed by atoms with E-state index in [2.05, 4.69) is 27.4 Å². The number of aryl methyl sites for hydroxylation is 1. The van der Waals surface area contributed by atoms with Gasteiger partial charge in [-0.15, -0.1) is 0 Å². The first-order valence-electron chi connectivity index (χ1n) is 7.30. The van der Waals surface area contributed by atoms with Gasteiger partial charge in [0.15, 0.2) is 0 Å². The summed E-state index contributed by atoms with van der Waals surface area (Å²) in [5, 5.41) is 4.68. The van der Waals surface area contributed by atoms with Crippen LogP contribution < -0.4 is 5.32 Å². The first-order chi connectivity index (χ1) is 9.33. The Morgan fingerprint density at radius 2 is 1.89 bits per heavy atom. The Labute approximate surface area is 114 Å². The third-order valence-corrected chi connectivity index (χ3v) is 4.00. The second-order valence-electron chi connectivity index (χ2n) is 5.52. The number of anilines is 1. The molecule has 3 rings (SSSR count). The number of hydrogen-bond acceptors (Lipinski definition) is 3. The molecule has 3 nitrogen and oxygen atoms in total. The number of aromatic nitrogens is 2. The van der Waals surface area contributed by atoms with Gasteiger partial charge in [-0.3, -0.25) is 0 Å². The summed E-state index contributed by atoms with van der Waals surface area (Å²) >= 11 is 0. The van der Waals surface area contributed by atoms with Gasteiger partial charge in [0.2, 0.25) is 0 Å². The fourth-order valence-electron chi connectivity index (χ4n) is 2.96. The van der Waals surface area contributed by atoms with E-state index in [1.807, 2.05) is 19.1 Å². The first kappa shape index (κ1) is 12.4. The fourth-order valence-corrected chi connectivity index (χ4v) is 2.96. The highest BCUT2D eigenvalue weighted by molar-refractivity contribution is 5.88.